The third-order valence-electron chi connectivity index (χ3n) is 9.99. The molecule has 0 amide bonds. The second-order valence-electron chi connectivity index (χ2n) is 15.9. The van der Waals surface area contributed by atoms with Gasteiger partial charge < -0.3 is 39.4 Å². The maximum atomic E-state index is 10.9. The summed E-state index contributed by atoms with van der Waals surface area (Å²) < 4.78 is 84.1. The second-order valence-corrected chi connectivity index (χ2v) is 19.0. The van der Waals surface area contributed by atoms with E-state index in [0.717, 1.165) is 77.0 Å². The number of aliphatic hydroxyl groups excluding tert-OH is 4. The third kappa shape index (κ3) is 37.2. The number of ether oxygens (including phenoxy) is 4. The fraction of sp³-hybridized carbons (Fsp3) is 1.00. The molecule has 0 aliphatic carbocycles. The summed E-state index contributed by atoms with van der Waals surface area (Å²) in [4.78, 5) is 3.96. The van der Waals surface area contributed by atoms with Gasteiger partial charge in [0.2, 0.25) is 0 Å². The molecule has 6 atom stereocenters. The van der Waals surface area contributed by atoms with Gasteiger partial charge in [0.25, 0.3) is 20.2 Å². The van der Waals surface area contributed by atoms with E-state index in [2.05, 4.69) is 32.6 Å². The van der Waals surface area contributed by atoms with Crippen molar-refractivity contribution in [2.24, 2.45) is 11.8 Å². The first-order valence-electron chi connectivity index (χ1n) is 21.9. The Morgan fingerprint density at radius 2 is 0.776 bits per heavy atom. The molecule has 6 unspecified atom stereocenters. The van der Waals surface area contributed by atoms with Crippen LogP contribution >= 0.6 is 0 Å². The van der Waals surface area contributed by atoms with Gasteiger partial charge in [-0.3, -0.25) is 18.9 Å². The Bertz CT molecular complexity index is 1070. The molecular weight excluding hydrogens is 797 g/mol. The summed E-state index contributed by atoms with van der Waals surface area (Å²) >= 11 is 0. The number of aliphatic hydroxyl groups is 4. The zero-order chi connectivity index (χ0) is 43.7. The predicted octanol–water partition coefficient (Wildman–Crippen LogP) is 3.65. The molecular formula is C40H84N2O14S2. The molecule has 0 aliphatic rings. The fourth-order valence-corrected chi connectivity index (χ4v) is 7.57. The Labute approximate surface area is 351 Å². The highest BCUT2D eigenvalue weighted by Gasteiger charge is 2.19. The van der Waals surface area contributed by atoms with E-state index in [-0.39, 0.29) is 65.6 Å². The van der Waals surface area contributed by atoms with Crippen molar-refractivity contribution in [2.75, 3.05) is 104 Å². The molecule has 0 fully saturated rings. The summed E-state index contributed by atoms with van der Waals surface area (Å²) in [5.41, 5.74) is 0. The van der Waals surface area contributed by atoms with Crippen LogP contribution in [0.1, 0.15) is 118 Å². The molecule has 0 radical (unpaired) electrons. The molecule has 0 bridgehead atoms. The number of hydrogen-bond donors (Lipinski definition) is 6. The Morgan fingerprint density at radius 1 is 0.448 bits per heavy atom. The number of hydrogen-bond acceptors (Lipinski definition) is 14. The molecule has 0 saturated carbocycles. The molecule has 0 heterocycles. The Morgan fingerprint density at radius 3 is 1.07 bits per heavy atom. The minimum absolute atomic E-state index is 0.0404. The molecule has 0 spiro atoms. The van der Waals surface area contributed by atoms with E-state index in [9.17, 15) is 37.3 Å². The first-order valence-corrected chi connectivity index (χ1v) is 25.1. The van der Waals surface area contributed by atoms with Crippen LogP contribution in [0.15, 0.2) is 0 Å². The number of unbranched alkanes of at least 4 members (excludes halogenated alkanes) is 5. The van der Waals surface area contributed by atoms with Crippen LogP contribution < -0.4 is 0 Å². The van der Waals surface area contributed by atoms with Crippen molar-refractivity contribution >= 4 is 20.2 Å². The van der Waals surface area contributed by atoms with E-state index in [1.807, 2.05) is 4.90 Å². The van der Waals surface area contributed by atoms with E-state index >= 15 is 0 Å². The molecule has 0 aromatic heterocycles. The highest BCUT2D eigenvalue weighted by Crippen LogP contribution is 2.15. The molecule has 18 heteroatoms. The summed E-state index contributed by atoms with van der Waals surface area (Å²) in [7, 11) is -8.19. The Balaban J connectivity index is 5.17. The zero-order valence-corrected chi connectivity index (χ0v) is 38.0. The quantitative estimate of drug-likeness (QED) is 0.0379. The van der Waals surface area contributed by atoms with Gasteiger partial charge >= 0.3 is 0 Å². The zero-order valence-electron chi connectivity index (χ0n) is 36.3. The smallest absolute Gasteiger partial charge is 0.264 e. The minimum atomic E-state index is -4.10. The van der Waals surface area contributed by atoms with E-state index in [0.29, 0.717) is 51.2 Å². The number of nitrogens with zero attached hydrogens (tertiary/aromatic N) is 2. The van der Waals surface area contributed by atoms with Gasteiger partial charge in [0.15, 0.2) is 0 Å². The summed E-state index contributed by atoms with van der Waals surface area (Å²) in [6.07, 6.45) is 9.13. The van der Waals surface area contributed by atoms with Crippen LogP contribution in [0.3, 0.4) is 0 Å². The van der Waals surface area contributed by atoms with Gasteiger partial charge in [-0.05, 0) is 63.5 Å². The van der Waals surface area contributed by atoms with Crippen LogP contribution in [0, 0.1) is 11.8 Å². The van der Waals surface area contributed by atoms with Gasteiger partial charge in [0.1, 0.15) is 0 Å². The molecule has 0 saturated heterocycles. The van der Waals surface area contributed by atoms with Crippen molar-refractivity contribution in [3.8, 4) is 0 Å². The van der Waals surface area contributed by atoms with Crippen molar-refractivity contribution in [1.82, 2.24) is 9.80 Å². The van der Waals surface area contributed by atoms with Crippen LogP contribution in [0.25, 0.3) is 0 Å². The van der Waals surface area contributed by atoms with Crippen molar-refractivity contribution in [3.05, 3.63) is 0 Å². The maximum absolute atomic E-state index is 10.9. The average Bonchev–Trinajstić information content (AvgIpc) is 3.14. The summed E-state index contributed by atoms with van der Waals surface area (Å²) in [5.74, 6) is 0.0772. The van der Waals surface area contributed by atoms with Gasteiger partial charge in [0, 0.05) is 52.6 Å². The maximum Gasteiger partial charge on any atom is 0.264 e. The van der Waals surface area contributed by atoms with Crippen LogP contribution in [-0.4, -0.2) is 184 Å². The van der Waals surface area contributed by atoms with E-state index in [1.54, 1.807) is 0 Å². The fourth-order valence-electron chi connectivity index (χ4n) is 6.60. The van der Waals surface area contributed by atoms with Gasteiger partial charge in [-0.15, -0.1) is 0 Å². The molecule has 0 aromatic carbocycles. The van der Waals surface area contributed by atoms with Crippen LogP contribution in [0.2, 0.25) is 0 Å². The van der Waals surface area contributed by atoms with Crippen molar-refractivity contribution in [3.63, 3.8) is 0 Å². The van der Waals surface area contributed by atoms with Crippen LogP contribution in [-0.2, 0) is 39.2 Å². The minimum Gasteiger partial charge on any atom is -0.389 e. The summed E-state index contributed by atoms with van der Waals surface area (Å²) in [6, 6.07) is 0. The summed E-state index contributed by atoms with van der Waals surface area (Å²) in [5, 5.41) is 43.1. The summed E-state index contributed by atoms with van der Waals surface area (Å²) in [6.45, 7) is 12.6. The lowest BCUT2D eigenvalue weighted by Gasteiger charge is -2.28. The van der Waals surface area contributed by atoms with Gasteiger partial charge in [-0.1, -0.05) is 79.1 Å². The average molecular weight is 881 g/mol. The van der Waals surface area contributed by atoms with Crippen molar-refractivity contribution in [1.29, 1.82) is 0 Å². The largest absolute Gasteiger partial charge is 0.389 e. The second kappa shape index (κ2) is 36.0. The van der Waals surface area contributed by atoms with E-state index in [1.165, 1.54) is 0 Å². The van der Waals surface area contributed by atoms with Gasteiger partial charge in [-0.25, -0.2) is 0 Å². The van der Waals surface area contributed by atoms with Crippen molar-refractivity contribution < 1.29 is 65.3 Å². The molecule has 58 heavy (non-hydrogen) atoms. The first-order chi connectivity index (χ1) is 27.5. The third-order valence-corrected chi connectivity index (χ3v) is 11.6. The standard InChI is InChI=1S/C40H84N2O14S2/c1-5-9-17-35(7-3)29-55-33-39(45)27-42(28-40(46)34-56-30-36(8-4)18-10-6-2)20-14-12-11-13-19-41(25-37(43)31-53-21-15-23-57(47,48)49)26-38(44)32-54-22-16-24-58(50,51)52/h35-40,43-46H,5-34H2,1-4H3,(H,47,48,49)(H,50,51,52). The first kappa shape index (κ1) is 57.4. The normalized spacial score (nSPS) is 15.9. The lowest BCUT2D eigenvalue weighted by molar-refractivity contribution is -0.0208. The molecule has 0 rings (SSSR count). The molecule has 0 aromatic rings. The predicted molar refractivity (Wildman–Crippen MR) is 227 cm³/mol. The molecule has 6 N–H and O–H groups in total. The Hall–Kier alpha value is -0.580. The number of rotatable bonds is 43. The van der Waals surface area contributed by atoms with Crippen molar-refractivity contribution in [2.45, 2.75) is 142 Å². The topological polar surface area (TPSA) is 233 Å². The molecule has 350 valence electrons. The SMILES string of the molecule is CCCCC(CC)COCC(O)CN(CCCCCCN(CC(O)COCCCS(=O)(=O)O)CC(O)COCCCS(=O)(=O)O)CC(O)COCC(CC)CCCC. The van der Waals surface area contributed by atoms with Gasteiger partial charge in [0.05, 0.1) is 62.3 Å². The van der Waals surface area contributed by atoms with Crippen LogP contribution in [0.5, 0.6) is 0 Å². The van der Waals surface area contributed by atoms with Gasteiger partial charge in [-0.2, -0.15) is 16.8 Å². The van der Waals surface area contributed by atoms with E-state index < -0.39 is 56.2 Å². The monoisotopic (exact) mass is 881 g/mol. The highest BCUT2D eigenvalue weighted by atomic mass is 32.2. The van der Waals surface area contributed by atoms with Crippen LogP contribution in [0.4, 0.5) is 0 Å². The van der Waals surface area contributed by atoms with E-state index in [4.69, 9.17) is 28.1 Å². The molecule has 0 aliphatic heterocycles. The highest BCUT2D eigenvalue weighted by molar-refractivity contribution is 7.86. The lowest BCUT2D eigenvalue weighted by atomic mass is 10.0. The lowest BCUT2D eigenvalue weighted by Crippen LogP contribution is -2.42. The Kier molecular flexibility index (Phi) is 35.6. The molecule has 16 nitrogen and oxygen atoms in total.